The van der Waals surface area contributed by atoms with Crippen LogP contribution in [0.3, 0.4) is 0 Å². The van der Waals surface area contributed by atoms with Gasteiger partial charge in [0.25, 0.3) is 0 Å². The number of halogens is 6. The van der Waals surface area contributed by atoms with Gasteiger partial charge in [-0.2, -0.15) is 0 Å². The molecule has 0 aromatic heterocycles. The molecule has 212 valence electrons. The predicted molar refractivity (Wildman–Crippen MR) is 234 cm³/mol. The summed E-state index contributed by atoms with van der Waals surface area (Å²) >= 11 is 15.0. The monoisotopic (exact) mass is 1230 g/mol. The van der Waals surface area contributed by atoms with E-state index in [1.165, 1.54) is 77.1 Å². The average molecular weight is 1230 g/mol. The largest absolute Gasteiger partial charge is 0.0622 e. The molecule has 0 fully saturated rings. The fourth-order valence-electron chi connectivity index (χ4n) is 5.29. The van der Waals surface area contributed by atoms with Crippen LogP contribution in [0.25, 0.3) is 44.5 Å². The van der Waals surface area contributed by atoms with Gasteiger partial charge < -0.3 is 0 Å². The molecular weight excluding hydrogens is 1210 g/mol. The zero-order valence-corrected chi connectivity index (χ0v) is 35.5. The van der Waals surface area contributed by atoms with E-state index in [0.29, 0.717) is 0 Å². The minimum absolute atomic E-state index is 0.910. The van der Waals surface area contributed by atoms with Gasteiger partial charge in [0.1, 0.15) is 0 Å². The van der Waals surface area contributed by atoms with Gasteiger partial charge in [-0.3, -0.25) is 0 Å². The molecule has 6 aromatic carbocycles. The van der Waals surface area contributed by atoms with Crippen molar-refractivity contribution in [2.75, 3.05) is 0 Å². The lowest BCUT2D eigenvalue weighted by atomic mass is 9.96. The molecule has 6 aromatic rings. The van der Waals surface area contributed by atoms with E-state index in [2.05, 4.69) is 257 Å². The van der Waals surface area contributed by atoms with Crippen molar-refractivity contribution in [3.05, 3.63) is 154 Å². The summed E-state index contributed by atoms with van der Waals surface area (Å²) in [4.78, 5) is 0. The van der Waals surface area contributed by atoms with Crippen LogP contribution in [-0.2, 0) is 6.42 Å². The molecule has 43 heavy (non-hydrogen) atoms. The Hall–Kier alpha value is -0.300. The smallest absolute Gasteiger partial charge is 0.0222 e. The fourth-order valence-corrected chi connectivity index (χ4v) is 12.0. The van der Waals surface area contributed by atoms with E-state index in [-0.39, 0.29) is 0 Å². The summed E-state index contributed by atoms with van der Waals surface area (Å²) in [5.74, 6) is 0. The van der Waals surface area contributed by atoms with Crippen molar-refractivity contribution in [3.8, 4) is 44.5 Å². The zero-order chi connectivity index (χ0) is 30.1. The lowest BCUT2D eigenvalue weighted by molar-refractivity contribution is 1.18. The van der Waals surface area contributed by atoms with Crippen LogP contribution >= 0.6 is 136 Å². The van der Waals surface area contributed by atoms with Gasteiger partial charge in [0.05, 0.1) is 0 Å². The molecule has 0 amide bonds. The van der Waals surface area contributed by atoms with Gasteiger partial charge in [-0.05, 0) is 223 Å². The van der Waals surface area contributed by atoms with Crippen molar-refractivity contribution < 1.29 is 0 Å². The molecule has 0 unspecified atom stereocenters. The minimum Gasteiger partial charge on any atom is -0.0622 e. The highest BCUT2D eigenvalue weighted by molar-refractivity contribution is 14.1. The van der Waals surface area contributed by atoms with Crippen LogP contribution in [0.4, 0.5) is 0 Å². The quantitative estimate of drug-likeness (QED) is 0.146. The first kappa shape index (κ1) is 32.6. The standard InChI is InChI=1S/C37H22I6/c38-30-20-26(11-13-28(30)24-7-3-1-4-8-24)36-32(40)16-22(17-33(36)41)15-23-18-34(42)37(35(43)19-23)27-12-14-29(31(39)21-27)25-9-5-2-6-10-25/h1-14,16-21H,15H2. The van der Waals surface area contributed by atoms with Gasteiger partial charge in [-0.15, -0.1) is 0 Å². The molecule has 6 rings (SSSR count). The summed E-state index contributed by atoms with van der Waals surface area (Å²) in [6.07, 6.45) is 0.910. The van der Waals surface area contributed by atoms with Gasteiger partial charge >= 0.3 is 0 Å². The summed E-state index contributed by atoms with van der Waals surface area (Å²) < 4.78 is 7.69. The molecule has 0 atom stereocenters. The molecule has 0 aliphatic heterocycles. The Bertz CT molecular complexity index is 1760. The lowest BCUT2D eigenvalue weighted by Gasteiger charge is -2.15. The van der Waals surface area contributed by atoms with Crippen molar-refractivity contribution in [1.82, 2.24) is 0 Å². The van der Waals surface area contributed by atoms with Gasteiger partial charge in [-0.25, -0.2) is 0 Å². The van der Waals surface area contributed by atoms with Crippen LogP contribution in [0.1, 0.15) is 11.1 Å². The third kappa shape index (κ3) is 7.49. The summed E-state index contributed by atoms with van der Waals surface area (Å²) in [6.45, 7) is 0. The van der Waals surface area contributed by atoms with E-state index in [0.717, 1.165) is 6.42 Å². The Balaban J connectivity index is 1.26. The van der Waals surface area contributed by atoms with E-state index in [1.807, 2.05) is 0 Å². The van der Waals surface area contributed by atoms with E-state index >= 15 is 0 Å². The Labute approximate surface area is 335 Å². The number of hydrogen-bond donors (Lipinski definition) is 0. The van der Waals surface area contributed by atoms with Gasteiger partial charge in [0.15, 0.2) is 0 Å². The molecule has 0 aliphatic carbocycles. The topological polar surface area (TPSA) is 0 Å². The normalized spacial score (nSPS) is 11.1. The number of benzene rings is 6. The summed E-state index contributed by atoms with van der Waals surface area (Å²) in [7, 11) is 0. The highest BCUT2D eigenvalue weighted by Crippen LogP contribution is 2.38. The van der Waals surface area contributed by atoms with E-state index in [1.54, 1.807) is 0 Å². The molecule has 0 N–H and O–H groups in total. The van der Waals surface area contributed by atoms with Crippen molar-refractivity contribution in [3.63, 3.8) is 0 Å². The van der Waals surface area contributed by atoms with Crippen molar-refractivity contribution in [2.45, 2.75) is 6.42 Å². The van der Waals surface area contributed by atoms with Crippen LogP contribution in [0, 0.1) is 21.4 Å². The maximum absolute atomic E-state index is 2.52. The van der Waals surface area contributed by atoms with Crippen LogP contribution in [0.15, 0.2) is 121 Å². The van der Waals surface area contributed by atoms with Crippen LogP contribution in [0.2, 0.25) is 0 Å². The predicted octanol–water partition coefficient (Wildman–Crippen LogP) is 13.6. The second kappa shape index (κ2) is 14.6. The van der Waals surface area contributed by atoms with E-state index in [4.69, 9.17) is 0 Å². The highest BCUT2D eigenvalue weighted by Gasteiger charge is 2.16. The Morgan fingerprint density at radius 3 is 1.00 bits per heavy atom. The third-order valence-electron chi connectivity index (χ3n) is 7.30. The first-order valence-electron chi connectivity index (χ1n) is 13.4. The second-order valence-electron chi connectivity index (χ2n) is 10.2. The first-order chi connectivity index (χ1) is 20.8. The van der Waals surface area contributed by atoms with Crippen LogP contribution in [-0.4, -0.2) is 0 Å². The molecule has 0 nitrogen and oxygen atoms in total. The highest BCUT2D eigenvalue weighted by atomic mass is 127. The lowest BCUT2D eigenvalue weighted by Crippen LogP contribution is -1.98. The zero-order valence-electron chi connectivity index (χ0n) is 22.5. The van der Waals surface area contributed by atoms with Gasteiger partial charge in [0.2, 0.25) is 0 Å². The Morgan fingerprint density at radius 2 is 0.674 bits per heavy atom. The molecule has 0 spiro atoms. The fraction of sp³-hybridized carbons (Fsp3) is 0.0270. The van der Waals surface area contributed by atoms with Crippen LogP contribution in [0.5, 0.6) is 0 Å². The SMILES string of the molecule is Ic1cc(-c2c(I)cc(Cc3cc(I)c(-c4ccc(-c5ccccc5)c(I)c4)c(I)c3)cc2I)ccc1-c1ccccc1. The van der Waals surface area contributed by atoms with Gasteiger partial charge in [-0.1, -0.05) is 84.9 Å². The maximum Gasteiger partial charge on any atom is 0.0222 e. The van der Waals surface area contributed by atoms with Crippen molar-refractivity contribution in [1.29, 1.82) is 0 Å². The van der Waals surface area contributed by atoms with Gasteiger partial charge in [0, 0.05) is 32.5 Å². The van der Waals surface area contributed by atoms with E-state index < -0.39 is 0 Å². The summed E-state index contributed by atoms with van der Waals surface area (Å²) in [5, 5.41) is 0. The van der Waals surface area contributed by atoms with Crippen molar-refractivity contribution >= 4 is 136 Å². The molecule has 0 saturated carbocycles. The molecule has 0 heterocycles. The average Bonchev–Trinajstić information content (AvgIpc) is 2.97. The molecule has 0 radical (unpaired) electrons. The number of hydrogen-bond acceptors (Lipinski definition) is 0. The third-order valence-corrected chi connectivity index (χ3v) is 12.5. The molecule has 0 bridgehead atoms. The second-order valence-corrected chi connectivity index (χ2v) is 17.1. The molecule has 6 heteroatoms. The van der Waals surface area contributed by atoms with Crippen LogP contribution < -0.4 is 0 Å². The molecular formula is C37H22I6. The molecule has 0 saturated heterocycles. The first-order valence-corrected chi connectivity index (χ1v) is 19.9. The Morgan fingerprint density at radius 1 is 0.326 bits per heavy atom. The Kier molecular flexibility index (Phi) is 11.1. The maximum atomic E-state index is 2.52. The molecule has 0 aliphatic rings. The summed E-state index contributed by atoms with van der Waals surface area (Å²) in [5.41, 5.74) is 12.9. The van der Waals surface area contributed by atoms with E-state index in [9.17, 15) is 0 Å². The number of rotatable bonds is 6. The summed E-state index contributed by atoms with van der Waals surface area (Å²) in [6, 6.07) is 44.4. The van der Waals surface area contributed by atoms with Crippen molar-refractivity contribution in [2.24, 2.45) is 0 Å². The minimum atomic E-state index is 0.910.